The second-order valence-electron chi connectivity index (χ2n) is 2.05. The van der Waals surface area contributed by atoms with E-state index in [1.165, 1.54) is 12.1 Å². The lowest BCUT2D eigenvalue weighted by Crippen LogP contribution is -2.02. The molecule has 0 aliphatic heterocycles. The maximum atomic E-state index is 12.3. The van der Waals surface area contributed by atoms with Gasteiger partial charge in [0.1, 0.15) is 18.2 Å². The van der Waals surface area contributed by atoms with Gasteiger partial charge in [-0.3, -0.25) is 5.73 Å². The highest BCUT2D eigenvalue weighted by atomic mass is 19.1. The first kappa shape index (κ1) is 8.01. The Hall–Kier alpha value is -1.09. The van der Waals surface area contributed by atoms with Crippen molar-refractivity contribution in [3.8, 4) is 5.75 Å². The number of hydrogen-bond donors (Lipinski definition) is 0. The molecule has 59 valence electrons. The van der Waals surface area contributed by atoms with Crippen molar-refractivity contribution in [2.45, 2.75) is 0 Å². The molecule has 1 N–H and O–H groups in total. The molecule has 0 spiro atoms. The molecule has 0 fully saturated rings. The van der Waals surface area contributed by atoms with Gasteiger partial charge in [-0.15, -0.1) is 0 Å². The average Bonchev–Trinajstić information content (AvgIpc) is 2.04. The van der Waals surface area contributed by atoms with Crippen LogP contribution in [0.25, 0.3) is 0 Å². The standard InChI is InChI=1S/C8H9FNO/c9-7-1-3-8(4-2-7)11-6-5-10/h1-4,10H,5-6H2. The highest BCUT2D eigenvalue weighted by molar-refractivity contribution is 5.21. The molecule has 0 atom stereocenters. The Balaban J connectivity index is 2.52. The quantitative estimate of drug-likeness (QED) is 0.649. The number of halogens is 1. The maximum absolute atomic E-state index is 12.3. The topological polar surface area (TPSA) is 33.0 Å². The third-order valence-electron chi connectivity index (χ3n) is 1.18. The Morgan fingerprint density at radius 2 is 1.91 bits per heavy atom. The number of nitrogens with one attached hydrogen (secondary N) is 1. The third kappa shape index (κ3) is 2.55. The second kappa shape index (κ2) is 3.93. The summed E-state index contributed by atoms with van der Waals surface area (Å²) in [6, 6.07) is 5.76. The van der Waals surface area contributed by atoms with Gasteiger partial charge < -0.3 is 4.74 Å². The van der Waals surface area contributed by atoms with Crippen molar-refractivity contribution in [2.75, 3.05) is 13.2 Å². The fourth-order valence-electron chi connectivity index (χ4n) is 0.700. The van der Waals surface area contributed by atoms with Crippen LogP contribution in [0.4, 0.5) is 4.39 Å². The predicted octanol–water partition coefficient (Wildman–Crippen LogP) is 1.49. The number of hydrogen-bond acceptors (Lipinski definition) is 1. The predicted molar refractivity (Wildman–Crippen MR) is 39.9 cm³/mol. The minimum absolute atomic E-state index is 0.220. The lowest BCUT2D eigenvalue weighted by molar-refractivity contribution is 0.326. The van der Waals surface area contributed by atoms with E-state index in [1.807, 2.05) is 0 Å². The molecule has 11 heavy (non-hydrogen) atoms. The van der Waals surface area contributed by atoms with Crippen molar-refractivity contribution in [1.82, 2.24) is 5.73 Å². The summed E-state index contributed by atoms with van der Waals surface area (Å²) >= 11 is 0. The molecule has 0 aliphatic rings. The zero-order chi connectivity index (χ0) is 8.10. The summed E-state index contributed by atoms with van der Waals surface area (Å²) in [7, 11) is 0. The Labute approximate surface area is 64.8 Å². The van der Waals surface area contributed by atoms with Crippen LogP contribution in [0.5, 0.6) is 5.75 Å². The van der Waals surface area contributed by atoms with Gasteiger partial charge in [-0.05, 0) is 24.3 Å². The molecular formula is C8H9FNO. The van der Waals surface area contributed by atoms with Gasteiger partial charge >= 0.3 is 0 Å². The lowest BCUT2D eigenvalue weighted by Gasteiger charge is -2.02. The van der Waals surface area contributed by atoms with Crippen molar-refractivity contribution in [1.29, 1.82) is 0 Å². The van der Waals surface area contributed by atoms with E-state index in [-0.39, 0.29) is 12.4 Å². The minimum Gasteiger partial charge on any atom is -0.492 e. The molecule has 1 aromatic rings. The van der Waals surface area contributed by atoms with E-state index in [2.05, 4.69) is 0 Å². The fraction of sp³-hybridized carbons (Fsp3) is 0.250. The van der Waals surface area contributed by atoms with Gasteiger partial charge in [0.2, 0.25) is 0 Å². The van der Waals surface area contributed by atoms with E-state index in [9.17, 15) is 4.39 Å². The molecule has 0 aliphatic carbocycles. The number of ether oxygens (including phenoxy) is 1. The van der Waals surface area contributed by atoms with Crippen LogP contribution in [-0.4, -0.2) is 13.2 Å². The van der Waals surface area contributed by atoms with Gasteiger partial charge in [0.15, 0.2) is 0 Å². The SMILES string of the molecule is [NH]CCOc1ccc(F)cc1. The average molecular weight is 154 g/mol. The molecule has 0 heterocycles. The van der Waals surface area contributed by atoms with E-state index < -0.39 is 0 Å². The first-order chi connectivity index (χ1) is 5.33. The molecule has 0 saturated carbocycles. The molecule has 0 aromatic heterocycles. The molecule has 1 aromatic carbocycles. The van der Waals surface area contributed by atoms with Crippen molar-refractivity contribution < 1.29 is 9.13 Å². The van der Waals surface area contributed by atoms with E-state index in [1.54, 1.807) is 12.1 Å². The summed E-state index contributed by atoms with van der Waals surface area (Å²) in [4.78, 5) is 0. The summed E-state index contributed by atoms with van der Waals surface area (Å²) in [5.41, 5.74) is 6.80. The fourth-order valence-corrected chi connectivity index (χ4v) is 0.700. The number of rotatable bonds is 3. The first-order valence-electron chi connectivity index (χ1n) is 3.36. The van der Waals surface area contributed by atoms with E-state index >= 15 is 0 Å². The summed E-state index contributed by atoms with van der Waals surface area (Å²) in [5, 5.41) is 0. The largest absolute Gasteiger partial charge is 0.492 e. The number of benzene rings is 1. The van der Waals surface area contributed by atoms with Crippen LogP contribution in [-0.2, 0) is 0 Å². The molecule has 0 unspecified atom stereocenters. The second-order valence-corrected chi connectivity index (χ2v) is 2.05. The molecule has 0 amide bonds. The summed E-state index contributed by atoms with van der Waals surface area (Å²) in [6.07, 6.45) is 0. The molecule has 0 saturated heterocycles. The van der Waals surface area contributed by atoms with Crippen LogP contribution in [0.2, 0.25) is 0 Å². The lowest BCUT2D eigenvalue weighted by atomic mass is 10.3. The van der Waals surface area contributed by atoms with Crippen LogP contribution in [0, 0.1) is 5.82 Å². The molecule has 1 rings (SSSR count). The Kier molecular flexibility index (Phi) is 2.86. The Bertz CT molecular complexity index is 210. The molecule has 2 nitrogen and oxygen atoms in total. The van der Waals surface area contributed by atoms with Gasteiger partial charge in [0, 0.05) is 6.54 Å². The van der Waals surface area contributed by atoms with Gasteiger partial charge in [-0.2, -0.15) is 0 Å². The van der Waals surface area contributed by atoms with Gasteiger partial charge in [-0.1, -0.05) is 0 Å². The highest BCUT2D eigenvalue weighted by Crippen LogP contribution is 2.10. The smallest absolute Gasteiger partial charge is 0.123 e. The molecule has 3 heteroatoms. The summed E-state index contributed by atoms with van der Waals surface area (Å²) in [5.74, 6) is 0.335. The van der Waals surface area contributed by atoms with Crippen LogP contribution in [0.1, 0.15) is 0 Å². The Morgan fingerprint density at radius 3 is 2.45 bits per heavy atom. The van der Waals surface area contributed by atoms with Crippen LogP contribution >= 0.6 is 0 Å². The van der Waals surface area contributed by atoms with Crippen LogP contribution < -0.4 is 10.5 Å². The van der Waals surface area contributed by atoms with Gasteiger partial charge in [0.25, 0.3) is 0 Å². The minimum atomic E-state index is -0.275. The third-order valence-corrected chi connectivity index (χ3v) is 1.18. The summed E-state index contributed by atoms with van der Waals surface area (Å²) in [6.45, 7) is 0.572. The molecule has 1 radical (unpaired) electrons. The first-order valence-corrected chi connectivity index (χ1v) is 3.36. The highest BCUT2D eigenvalue weighted by Gasteiger charge is 1.91. The van der Waals surface area contributed by atoms with E-state index in [4.69, 9.17) is 10.5 Å². The van der Waals surface area contributed by atoms with Crippen molar-refractivity contribution in [3.63, 3.8) is 0 Å². The van der Waals surface area contributed by atoms with Crippen LogP contribution in [0.3, 0.4) is 0 Å². The maximum Gasteiger partial charge on any atom is 0.123 e. The summed E-state index contributed by atoms with van der Waals surface area (Å²) < 4.78 is 17.4. The van der Waals surface area contributed by atoms with Crippen molar-refractivity contribution in [3.05, 3.63) is 30.1 Å². The van der Waals surface area contributed by atoms with E-state index in [0.29, 0.717) is 12.4 Å². The van der Waals surface area contributed by atoms with Crippen molar-refractivity contribution >= 4 is 0 Å². The monoisotopic (exact) mass is 154 g/mol. The van der Waals surface area contributed by atoms with Gasteiger partial charge in [-0.25, -0.2) is 4.39 Å². The van der Waals surface area contributed by atoms with Crippen LogP contribution in [0.15, 0.2) is 24.3 Å². The van der Waals surface area contributed by atoms with Gasteiger partial charge in [0.05, 0.1) is 0 Å². The Morgan fingerprint density at radius 1 is 1.27 bits per heavy atom. The zero-order valence-electron chi connectivity index (χ0n) is 6.01. The normalized spacial score (nSPS) is 9.64. The van der Waals surface area contributed by atoms with E-state index in [0.717, 1.165) is 0 Å². The van der Waals surface area contributed by atoms with Crippen molar-refractivity contribution in [2.24, 2.45) is 0 Å². The molecule has 0 bridgehead atoms. The molecular weight excluding hydrogens is 145 g/mol. The zero-order valence-corrected chi connectivity index (χ0v) is 6.01.